The van der Waals surface area contributed by atoms with E-state index in [2.05, 4.69) is 56.3 Å². The van der Waals surface area contributed by atoms with E-state index < -0.39 is 0 Å². The molecule has 7 heteroatoms. The highest BCUT2D eigenvalue weighted by Crippen LogP contribution is 2.40. The number of benzene rings is 2. The van der Waals surface area contributed by atoms with Crippen molar-refractivity contribution in [3.05, 3.63) is 113 Å². The minimum atomic E-state index is -0.0889. The van der Waals surface area contributed by atoms with Crippen molar-refractivity contribution in [2.75, 3.05) is 7.11 Å². The molecule has 0 radical (unpaired) electrons. The van der Waals surface area contributed by atoms with Crippen molar-refractivity contribution in [1.82, 2.24) is 19.8 Å². The summed E-state index contributed by atoms with van der Waals surface area (Å²) in [4.78, 5) is 6.90. The van der Waals surface area contributed by atoms with Gasteiger partial charge in [0, 0.05) is 35.3 Å². The van der Waals surface area contributed by atoms with Gasteiger partial charge in [0.15, 0.2) is 5.11 Å². The molecule has 5 rings (SSSR count). The van der Waals surface area contributed by atoms with Gasteiger partial charge in [0.25, 0.3) is 0 Å². The van der Waals surface area contributed by atoms with Gasteiger partial charge in [-0.05, 0) is 84.9 Å². The van der Waals surface area contributed by atoms with Gasteiger partial charge in [0.1, 0.15) is 5.75 Å². The van der Waals surface area contributed by atoms with Crippen molar-refractivity contribution in [2.24, 2.45) is 0 Å². The van der Waals surface area contributed by atoms with Crippen LogP contribution in [0.1, 0.15) is 34.6 Å². The lowest BCUT2D eigenvalue weighted by Gasteiger charge is -2.29. The highest BCUT2D eigenvalue weighted by atomic mass is 35.5. The zero-order valence-corrected chi connectivity index (χ0v) is 20.6. The number of nitrogens with one attached hydrogen (secondary N) is 1. The van der Waals surface area contributed by atoms with E-state index in [0.29, 0.717) is 11.7 Å². The molecule has 0 saturated carbocycles. The quantitative estimate of drug-likeness (QED) is 0.336. The van der Waals surface area contributed by atoms with Crippen LogP contribution >= 0.6 is 23.8 Å². The first-order valence-electron chi connectivity index (χ1n) is 11.1. The van der Waals surface area contributed by atoms with Crippen molar-refractivity contribution in [1.29, 1.82) is 0 Å². The molecule has 5 nitrogen and oxygen atoms in total. The standard InChI is InChI=1S/C27H25ClN4OS/c1-18-16-20(10-13-22(18)28)31-15-5-7-24(31)26-25(23-6-3-4-14-29-23)30-27(34)32(26)17-19-8-11-21(33-2)12-9-19/h3-16,25-26H,17H2,1-2H3,(H,30,34)/t25-,26-/m1/s1. The zero-order valence-electron chi connectivity index (χ0n) is 19.0. The molecule has 2 aromatic heterocycles. The first-order valence-corrected chi connectivity index (χ1v) is 11.9. The zero-order chi connectivity index (χ0) is 23.7. The number of rotatable bonds is 6. The van der Waals surface area contributed by atoms with Crippen LogP contribution in [0.3, 0.4) is 0 Å². The summed E-state index contributed by atoms with van der Waals surface area (Å²) in [6.45, 7) is 2.68. The van der Waals surface area contributed by atoms with Crippen LogP contribution in [0.2, 0.25) is 5.02 Å². The third kappa shape index (κ3) is 4.27. The number of hydrogen-bond acceptors (Lipinski definition) is 3. The molecule has 2 atom stereocenters. The summed E-state index contributed by atoms with van der Waals surface area (Å²) in [7, 11) is 1.68. The number of thiocarbonyl (C=S) groups is 1. The molecular weight excluding hydrogens is 464 g/mol. The third-order valence-electron chi connectivity index (χ3n) is 6.21. The molecule has 1 aliphatic heterocycles. The predicted octanol–water partition coefficient (Wildman–Crippen LogP) is 6.02. The Balaban J connectivity index is 1.58. The molecule has 0 amide bonds. The summed E-state index contributed by atoms with van der Waals surface area (Å²) in [6.07, 6.45) is 3.91. The van der Waals surface area contributed by atoms with Gasteiger partial charge in [0.2, 0.25) is 0 Å². The van der Waals surface area contributed by atoms with Gasteiger partial charge in [0.05, 0.1) is 24.9 Å². The molecule has 0 aliphatic carbocycles. The van der Waals surface area contributed by atoms with Gasteiger partial charge < -0.3 is 19.5 Å². The second kappa shape index (κ2) is 9.49. The molecule has 0 unspecified atom stereocenters. The van der Waals surface area contributed by atoms with Crippen LogP contribution in [-0.4, -0.2) is 26.7 Å². The Morgan fingerprint density at radius 3 is 2.59 bits per heavy atom. The van der Waals surface area contributed by atoms with E-state index >= 15 is 0 Å². The van der Waals surface area contributed by atoms with E-state index in [1.54, 1.807) is 7.11 Å². The molecule has 2 aromatic carbocycles. The van der Waals surface area contributed by atoms with Crippen molar-refractivity contribution >= 4 is 28.9 Å². The van der Waals surface area contributed by atoms with Gasteiger partial charge in [-0.2, -0.15) is 0 Å². The van der Waals surface area contributed by atoms with Crippen LogP contribution in [0.4, 0.5) is 0 Å². The van der Waals surface area contributed by atoms with Crippen molar-refractivity contribution in [3.8, 4) is 11.4 Å². The number of ether oxygens (including phenoxy) is 1. The molecule has 1 aliphatic rings. The summed E-state index contributed by atoms with van der Waals surface area (Å²) in [5.41, 5.74) is 5.32. The molecule has 172 valence electrons. The number of halogens is 1. The summed E-state index contributed by atoms with van der Waals surface area (Å²) in [5.74, 6) is 0.834. The third-order valence-corrected chi connectivity index (χ3v) is 6.99. The largest absolute Gasteiger partial charge is 0.497 e. The van der Waals surface area contributed by atoms with E-state index in [1.165, 1.54) is 0 Å². The van der Waals surface area contributed by atoms with Gasteiger partial charge >= 0.3 is 0 Å². The monoisotopic (exact) mass is 488 g/mol. The molecular formula is C27H25ClN4OS. The van der Waals surface area contributed by atoms with E-state index in [9.17, 15) is 0 Å². The topological polar surface area (TPSA) is 42.3 Å². The van der Waals surface area contributed by atoms with E-state index in [1.807, 2.05) is 55.6 Å². The Morgan fingerprint density at radius 1 is 1.06 bits per heavy atom. The van der Waals surface area contributed by atoms with E-state index in [-0.39, 0.29) is 12.1 Å². The Labute approximate surface area is 210 Å². The van der Waals surface area contributed by atoms with Crippen LogP contribution in [0.25, 0.3) is 5.69 Å². The fourth-order valence-corrected chi connectivity index (χ4v) is 4.90. The lowest BCUT2D eigenvalue weighted by atomic mass is 10.0. The fraction of sp³-hybridized carbons (Fsp3) is 0.185. The van der Waals surface area contributed by atoms with E-state index in [4.69, 9.17) is 28.6 Å². The maximum absolute atomic E-state index is 6.30. The Morgan fingerprint density at radius 2 is 1.88 bits per heavy atom. The molecule has 0 spiro atoms. The highest BCUT2D eigenvalue weighted by Gasteiger charge is 2.41. The lowest BCUT2D eigenvalue weighted by Crippen LogP contribution is -2.30. The van der Waals surface area contributed by atoms with Crippen molar-refractivity contribution < 1.29 is 4.74 Å². The second-order valence-electron chi connectivity index (χ2n) is 8.34. The number of hydrogen-bond donors (Lipinski definition) is 1. The maximum atomic E-state index is 6.30. The number of aromatic nitrogens is 2. The Bertz CT molecular complexity index is 1310. The van der Waals surface area contributed by atoms with Gasteiger partial charge in [-0.1, -0.05) is 29.8 Å². The minimum absolute atomic E-state index is 0.0597. The molecule has 1 fully saturated rings. The summed E-state index contributed by atoms with van der Waals surface area (Å²) < 4.78 is 7.53. The molecule has 1 N–H and O–H groups in total. The predicted molar refractivity (Wildman–Crippen MR) is 140 cm³/mol. The lowest BCUT2D eigenvalue weighted by molar-refractivity contribution is 0.302. The summed E-state index contributed by atoms with van der Waals surface area (Å²) in [6, 6.07) is 24.3. The highest BCUT2D eigenvalue weighted by molar-refractivity contribution is 7.80. The molecule has 4 aromatic rings. The van der Waals surface area contributed by atoms with Crippen LogP contribution < -0.4 is 10.1 Å². The average molecular weight is 489 g/mol. The van der Waals surface area contributed by atoms with Crippen molar-refractivity contribution in [2.45, 2.75) is 25.6 Å². The van der Waals surface area contributed by atoms with E-state index in [0.717, 1.165) is 39.0 Å². The fourth-order valence-electron chi connectivity index (χ4n) is 4.47. The maximum Gasteiger partial charge on any atom is 0.170 e. The van der Waals surface area contributed by atoms with Crippen molar-refractivity contribution in [3.63, 3.8) is 0 Å². The first-order chi connectivity index (χ1) is 16.5. The minimum Gasteiger partial charge on any atom is -0.497 e. The number of methoxy groups -OCH3 is 1. The summed E-state index contributed by atoms with van der Waals surface area (Å²) in [5, 5.41) is 5.00. The summed E-state index contributed by atoms with van der Waals surface area (Å²) >= 11 is 12.2. The molecule has 3 heterocycles. The van der Waals surface area contributed by atoms with Crippen LogP contribution in [0, 0.1) is 6.92 Å². The molecule has 1 saturated heterocycles. The Hall–Kier alpha value is -3.35. The van der Waals surface area contributed by atoms with Gasteiger partial charge in [-0.15, -0.1) is 0 Å². The van der Waals surface area contributed by atoms with Crippen LogP contribution in [0.15, 0.2) is 85.2 Å². The molecule has 0 bridgehead atoms. The van der Waals surface area contributed by atoms with Crippen LogP contribution in [-0.2, 0) is 6.54 Å². The molecule has 34 heavy (non-hydrogen) atoms. The Kier molecular flexibility index (Phi) is 6.26. The second-order valence-corrected chi connectivity index (χ2v) is 9.13. The number of pyridine rings is 1. The first kappa shape index (κ1) is 22.4. The number of nitrogens with zero attached hydrogens (tertiary/aromatic N) is 3. The normalized spacial score (nSPS) is 17.6. The SMILES string of the molecule is COc1ccc(CN2C(=S)N[C@H](c3ccccn3)[C@H]2c2cccn2-c2ccc(Cl)c(C)c2)cc1. The van der Waals surface area contributed by atoms with Crippen LogP contribution in [0.5, 0.6) is 5.75 Å². The van der Waals surface area contributed by atoms with Gasteiger partial charge in [-0.25, -0.2) is 0 Å². The average Bonchev–Trinajstić information content (AvgIpc) is 3.46. The number of aryl methyl sites for hydroxylation is 1. The smallest absolute Gasteiger partial charge is 0.170 e. The van der Waals surface area contributed by atoms with Gasteiger partial charge in [-0.3, -0.25) is 4.98 Å².